The van der Waals surface area contributed by atoms with Crippen molar-refractivity contribution in [3.8, 4) is 0 Å². The zero-order valence-corrected chi connectivity index (χ0v) is 41.1. The summed E-state index contributed by atoms with van der Waals surface area (Å²) < 4.78 is 23.6. The van der Waals surface area contributed by atoms with Gasteiger partial charge in [0, 0.05) is 6.42 Å². The lowest BCUT2D eigenvalue weighted by Gasteiger charge is -2.25. The summed E-state index contributed by atoms with van der Waals surface area (Å²) in [6.45, 7) is 7.15. The van der Waals surface area contributed by atoms with Gasteiger partial charge in [-0.3, -0.25) is 13.8 Å². The Balaban J connectivity index is 4.14. The number of aliphatic hydroxyl groups is 1. The van der Waals surface area contributed by atoms with Gasteiger partial charge in [0.25, 0.3) is 0 Å². The van der Waals surface area contributed by atoms with E-state index in [4.69, 9.17) is 9.05 Å². The third-order valence-electron chi connectivity index (χ3n) is 11.7. The second-order valence-electron chi connectivity index (χ2n) is 19.4. The number of nitrogens with one attached hydrogen (secondary N) is 1. The molecule has 9 heteroatoms. The first-order valence-corrected chi connectivity index (χ1v) is 26.9. The smallest absolute Gasteiger partial charge is 0.387 e. The van der Waals surface area contributed by atoms with Gasteiger partial charge >= 0.3 is 7.82 Å². The Morgan fingerprint density at radius 1 is 0.610 bits per heavy atom. The second kappa shape index (κ2) is 41.3. The van der Waals surface area contributed by atoms with Gasteiger partial charge in [0.2, 0.25) is 5.91 Å². The number of amides is 1. The van der Waals surface area contributed by atoms with Gasteiger partial charge in [-0.05, 0) is 25.2 Å². The molecule has 3 N–H and O–H groups in total. The molecule has 0 aliphatic carbocycles. The highest BCUT2D eigenvalue weighted by Crippen LogP contribution is 2.43. The van der Waals surface area contributed by atoms with Crippen molar-refractivity contribution in [2.45, 2.75) is 258 Å². The number of phosphoric ester groups is 1. The summed E-state index contributed by atoms with van der Waals surface area (Å²) in [5.41, 5.74) is 0. The summed E-state index contributed by atoms with van der Waals surface area (Å²) >= 11 is 0. The van der Waals surface area contributed by atoms with Crippen molar-refractivity contribution in [2.24, 2.45) is 5.92 Å². The van der Waals surface area contributed by atoms with E-state index in [-0.39, 0.29) is 19.1 Å². The molecule has 0 fully saturated rings. The van der Waals surface area contributed by atoms with Crippen molar-refractivity contribution in [2.75, 3.05) is 40.9 Å². The number of unbranched alkanes of at least 4 members (excludes halogenated alkanes) is 31. The molecule has 0 rings (SSSR count). The van der Waals surface area contributed by atoms with Gasteiger partial charge in [-0.25, -0.2) is 4.57 Å². The van der Waals surface area contributed by atoms with Crippen LogP contribution >= 0.6 is 7.82 Å². The van der Waals surface area contributed by atoms with Crippen molar-refractivity contribution in [3.63, 3.8) is 0 Å². The predicted molar refractivity (Wildman–Crippen MR) is 254 cm³/mol. The SMILES string of the molecule is CCCCCCCCCCCCCCCCCCCCCCCCCCCC(=O)N[C@@H](COP(=O)(O)OCC[N+](C)(C)C)[C@H](O)/C=C/CCCCCCCCCC(C)C. The molecule has 0 saturated heterocycles. The molecule has 59 heavy (non-hydrogen) atoms. The van der Waals surface area contributed by atoms with Crippen LogP contribution in [0.25, 0.3) is 0 Å². The molecule has 0 aliphatic rings. The molecule has 352 valence electrons. The highest BCUT2D eigenvalue weighted by atomic mass is 31.2. The third kappa shape index (κ3) is 45.1. The Labute approximate surface area is 367 Å². The van der Waals surface area contributed by atoms with E-state index in [0.717, 1.165) is 44.4 Å². The van der Waals surface area contributed by atoms with Crippen LogP contribution in [-0.4, -0.2) is 73.4 Å². The van der Waals surface area contributed by atoms with Crippen LogP contribution in [0.15, 0.2) is 12.2 Å². The lowest BCUT2D eigenvalue weighted by molar-refractivity contribution is -0.870. The van der Waals surface area contributed by atoms with Crippen LogP contribution in [0.5, 0.6) is 0 Å². The molecule has 0 aromatic carbocycles. The Morgan fingerprint density at radius 2 is 1.00 bits per heavy atom. The zero-order valence-electron chi connectivity index (χ0n) is 40.2. The maximum absolute atomic E-state index is 12.9. The molecule has 0 spiro atoms. The molecule has 1 unspecified atom stereocenters. The van der Waals surface area contributed by atoms with Crippen LogP contribution in [-0.2, 0) is 18.4 Å². The van der Waals surface area contributed by atoms with Crippen LogP contribution in [0.1, 0.15) is 245 Å². The molecule has 0 saturated carbocycles. The summed E-state index contributed by atoms with van der Waals surface area (Å²) in [6, 6.07) is -0.841. The summed E-state index contributed by atoms with van der Waals surface area (Å²) in [5, 5.41) is 13.8. The van der Waals surface area contributed by atoms with Crippen molar-refractivity contribution in [1.29, 1.82) is 0 Å². The molecule has 3 atom stereocenters. The average molecular weight is 858 g/mol. The minimum atomic E-state index is -4.33. The van der Waals surface area contributed by atoms with Crippen molar-refractivity contribution < 1.29 is 32.9 Å². The van der Waals surface area contributed by atoms with Crippen molar-refractivity contribution in [1.82, 2.24) is 5.32 Å². The monoisotopic (exact) mass is 858 g/mol. The standard InChI is InChI=1S/C50H101N2O6P/c1-7-8-9-10-11-12-13-14-15-16-17-18-19-20-21-22-23-24-25-26-27-31-34-37-40-43-50(54)51-48(46-58-59(55,56)57-45-44-52(4,5)6)49(53)42-39-36-33-30-28-29-32-35-38-41-47(2)3/h39,42,47-49,53H,7-38,40-41,43-46H2,1-6H3,(H-,51,54,55,56)/p+1/b42-39+/t48-,49+/m0/s1. The van der Waals surface area contributed by atoms with Gasteiger partial charge in [-0.2, -0.15) is 0 Å². The lowest BCUT2D eigenvalue weighted by Crippen LogP contribution is -2.45. The van der Waals surface area contributed by atoms with Gasteiger partial charge in [0.1, 0.15) is 13.2 Å². The first-order valence-electron chi connectivity index (χ1n) is 25.4. The maximum Gasteiger partial charge on any atom is 0.472 e. The van der Waals surface area contributed by atoms with E-state index in [2.05, 4.69) is 26.1 Å². The van der Waals surface area contributed by atoms with Crippen LogP contribution in [0.3, 0.4) is 0 Å². The largest absolute Gasteiger partial charge is 0.472 e. The van der Waals surface area contributed by atoms with Crippen LogP contribution in [0.4, 0.5) is 0 Å². The number of rotatable bonds is 46. The number of phosphoric acid groups is 1. The van der Waals surface area contributed by atoms with Gasteiger partial charge in [-0.15, -0.1) is 0 Å². The number of hydrogen-bond acceptors (Lipinski definition) is 5. The minimum Gasteiger partial charge on any atom is -0.387 e. The highest BCUT2D eigenvalue weighted by molar-refractivity contribution is 7.47. The highest BCUT2D eigenvalue weighted by Gasteiger charge is 2.27. The van der Waals surface area contributed by atoms with Crippen molar-refractivity contribution in [3.05, 3.63) is 12.2 Å². The fraction of sp³-hybridized carbons (Fsp3) is 0.940. The molecule has 0 radical (unpaired) electrons. The normalized spacial score (nSPS) is 14.3. The average Bonchev–Trinajstić information content (AvgIpc) is 3.17. The number of nitrogens with zero attached hydrogens (tertiary/aromatic N) is 1. The fourth-order valence-corrected chi connectivity index (χ4v) is 8.38. The molecular weight excluding hydrogens is 756 g/mol. The maximum atomic E-state index is 12.9. The zero-order chi connectivity index (χ0) is 43.7. The van der Waals surface area contributed by atoms with E-state index < -0.39 is 20.0 Å². The lowest BCUT2D eigenvalue weighted by atomic mass is 10.0. The number of allylic oxidation sites excluding steroid dienone is 1. The van der Waals surface area contributed by atoms with E-state index >= 15 is 0 Å². The summed E-state index contributed by atoms with van der Waals surface area (Å²) in [4.78, 5) is 23.2. The Bertz CT molecular complexity index is 987. The Kier molecular flexibility index (Phi) is 40.7. The molecule has 0 aromatic heterocycles. The molecular formula is C50H102N2O6P+. The number of carbonyl (C=O) groups is 1. The van der Waals surface area contributed by atoms with Gasteiger partial charge in [-0.1, -0.05) is 232 Å². The van der Waals surface area contributed by atoms with Crippen molar-refractivity contribution >= 4 is 13.7 Å². The topological polar surface area (TPSA) is 105 Å². The predicted octanol–water partition coefficient (Wildman–Crippen LogP) is 14.6. The second-order valence-corrected chi connectivity index (χ2v) is 20.8. The molecule has 0 aromatic rings. The van der Waals surface area contributed by atoms with E-state index in [0.29, 0.717) is 17.4 Å². The van der Waals surface area contributed by atoms with Crippen LogP contribution in [0, 0.1) is 5.92 Å². The van der Waals surface area contributed by atoms with Gasteiger partial charge in [0.15, 0.2) is 0 Å². The summed E-state index contributed by atoms with van der Waals surface area (Å²) in [7, 11) is 1.58. The number of likely N-dealkylation sites (N-methyl/N-ethyl adjacent to an activating group) is 1. The molecule has 1 amide bonds. The van der Waals surface area contributed by atoms with E-state index in [1.165, 1.54) is 180 Å². The minimum absolute atomic E-state index is 0.0638. The third-order valence-corrected chi connectivity index (χ3v) is 12.7. The first kappa shape index (κ1) is 58.2. The number of carbonyl (C=O) groups excluding carboxylic acids is 1. The van der Waals surface area contributed by atoms with Gasteiger partial charge in [0.05, 0.1) is 39.9 Å². The molecule has 0 aliphatic heterocycles. The van der Waals surface area contributed by atoms with E-state index in [9.17, 15) is 19.4 Å². The van der Waals surface area contributed by atoms with Gasteiger partial charge < -0.3 is 19.8 Å². The first-order chi connectivity index (χ1) is 28.4. The Hall–Kier alpha value is -0.760. The van der Waals surface area contributed by atoms with E-state index in [1.807, 2.05) is 27.2 Å². The molecule has 0 bridgehead atoms. The molecule has 8 nitrogen and oxygen atoms in total. The Morgan fingerprint density at radius 3 is 1.41 bits per heavy atom. The van der Waals surface area contributed by atoms with Crippen LogP contribution < -0.4 is 5.32 Å². The number of aliphatic hydroxyl groups excluding tert-OH is 1. The van der Waals surface area contributed by atoms with E-state index in [1.54, 1.807) is 6.08 Å². The number of quaternary nitrogens is 1. The fourth-order valence-electron chi connectivity index (χ4n) is 7.64. The summed E-state index contributed by atoms with van der Waals surface area (Å²) in [5.74, 6) is 0.617. The molecule has 0 heterocycles. The number of hydrogen-bond donors (Lipinski definition) is 3. The summed E-state index contributed by atoms with van der Waals surface area (Å²) in [6.07, 6.45) is 47.4. The quantitative estimate of drug-likeness (QED) is 0.0244. The van der Waals surface area contributed by atoms with Crippen LogP contribution in [0.2, 0.25) is 0 Å².